The minimum absolute atomic E-state index is 0.0317. The maximum atomic E-state index is 13.4. The van der Waals surface area contributed by atoms with Crippen LogP contribution in [0.25, 0.3) is 0 Å². The van der Waals surface area contributed by atoms with Gasteiger partial charge in [0.25, 0.3) is 0 Å². The van der Waals surface area contributed by atoms with Crippen molar-refractivity contribution in [2.75, 3.05) is 6.61 Å². The molecule has 2 unspecified atom stereocenters. The molecule has 0 fully saturated rings. The van der Waals surface area contributed by atoms with Gasteiger partial charge in [-0.1, -0.05) is 23.2 Å². The molecule has 2 atom stereocenters. The fourth-order valence-electron chi connectivity index (χ4n) is 1.87. The second-order valence-electron chi connectivity index (χ2n) is 4.44. The molecule has 1 rings (SSSR count). The van der Waals surface area contributed by atoms with Crippen molar-refractivity contribution in [2.24, 2.45) is 0 Å². The van der Waals surface area contributed by atoms with Crippen LogP contribution in [0.3, 0.4) is 0 Å². The van der Waals surface area contributed by atoms with E-state index in [1.807, 2.05) is 13.8 Å². The molecule has 0 radical (unpaired) electrons. The zero-order valence-electron chi connectivity index (χ0n) is 10.5. The fourth-order valence-corrected chi connectivity index (χ4v) is 2.41. The van der Waals surface area contributed by atoms with Crippen molar-refractivity contribution >= 4 is 23.2 Å². The second kappa shape index (κ2) is 7.29. The van der Waals surface area contributed by atoms with Crippen molar-refractivity contribution in [2.45, 2.75) is 38.8 Å². The topological polar surface area (TPSA) is 32.3 Å². The van der Waals surface area contributed by atoms with Gasteiger partial charge in [-0.3, -0.25) is 0 Å². The van der Waals surface area contributed by atoms with E-state index in [-0.39, 0.29) is 23.7 Å². The van der Waals surface area contributed by atoms with Crippen molar-refractivity contribution in [3.05, 3.63) is 33.6 Å². The SMILES string of the molecule is CC(CCCO)NC(C)c1cc(F)c(Cl)cc1Cl. The molecule has 0 bridgehead atoms. The van der Waals surface area contributed by atoms with Gasteiger partial charge in [0, 0.05) is 23.7 Å². The van der Waals surface area contributed by atoms with Crippen molar-refractivity contribution in [3.63, 3.8) is 0 Å². The van der Waals surface area contributed by atoms with Gasteiger partial charge in [-0.15, -0.1) is 0 Å². The van der Waals surface area contributed by atoms with Gasteiger partial charge >= 0.3 is 0 Å². The monoisotopic (exact) mass is 293 g/mol. The number of aliphatic hydroxyl groups is 1. The molecule has 5 heteroatoms. The zero-order chi connectivity index (χ0) is 13.7. The van der Waals surface area contributed by atoms with Crippen molar-refractivity contribution in [1.29, 1.82) is 0 Å². The fraction of sp³-hybridized carbons (Fsp3) is 0.538. The summed E-state index contributed by atoms with van der Waals surface area (Å²) in [5, 5.41) is 12.6. The average molecular weight is 294 g/mol. The van der Waals surface area contributed by atoms with Crippen LogP contribution < -0.4 is 5.32 Å². The molecule has 0 saturated heterocycles. The highest BCUT2D eigenvalue weighted by molar-refractivity contribution is 6.35. The van der Waals surface area contributed by atoms with Gasteiger partial charge in [-0.2, -0.15) is 0 Å². The van der Waals surface area contributed by atoms with E-state index in [1.165, 1.54) is 12.1 Å². The third-order valence-corrected chi connectivity index (χ3v) is 3.45. The Morgan fingerprint density at radius 3 is 2.56 bits per heavy atom. The Bertz CT molecular complexity index is 401. The van der Waals surface area contributed by atoms with E-state index in [9.17, 15) is 4.39 Å². The highest BCUT2D eigenvalue weighted by atomic mass is 35.5. The van der Waals surface area contributed by atoms with Crippen molar-refractivity contribution in [1.82, 2.24) is 5.32 Å². The summed E-state index contributed by atoms with van der Waals surface area (Å²) in [5.74, 6) is -0.465. The molecule has 0 aromatic heterocycles. The van der Waals surface area contributed by atoms with E-state index in [4.69, 9.17) is 28.3 Å². The smallest absolute Gasteiger partial charge is 0.142 e. The maximum absolute atomic E-state index is 13.4. The van der Waals surface area contributed by atoms with Gasteiger partial charge in [-0.05, 0) is 44.4 Å². The lowest BCUT2D eigenvalue weighted by atomic mass is 10.1. The third kappa shape index (κ3) is 4.39. The summed E-state index contributed by atoms with van der Waals surface area (Å²) in [5.41, 5.74) is 0.689. The summed E-state index contributed by atoms with van der Waals surface area (Å²) in [6.07, 6.45) is 1.60. The molecule has 102 valence electrons. The second-order valence-corrected chi connectivity index (χ2v) is 5.26. The Labute approximate surface area is 117 Å². The number of aliphatic hydroxyl groups excluding tert-OH is 1. The normalized spacial score (nSPS) is 14.6. The minimum atomic E-state index is -0.465. The summed E-state index contributed by atoms with van der Waals surface area (Å²) in [6, 6.07) is 2.94. The molecule has 2 nitrogen and oxygen atoms in total. The molecule has 0 saturated carbocycles. The highest BCUT2D eigenvalue weighted by Gasteiger charge is 2.15. The molecule has 1 aromatic rings. The molecule has 0 amide bonds. The van der Waals surface area contributed by atoms with Crippen molar-refractivity contribution < 1.29 is 9.50 Å². The molecule has 0 heterocycles. The molecule has 0 aliphatic heterocycles. The molecular formula is C13H18Cl2FNO. The van der Waals surface area contributed by atoms with Crippen LogP contribution in [0.15, 0.2) is 12.1 Å². The Balaban J connectivity index is 2.72. The minimum Gasteiger partial charge on any atom is -0.396 e. The maximum Gasteiger partial charge on any atom is 0.142 e. The molecule has 2 N–H and O–H groups in total. The van der Waals surface area contributed by atoms with Gasteiger partial charge < -0.3 is 10.4 Å². The Morgan fingerprint density at radius 2 is 1.94 bits per heavy atom. The van der Waals surface area contributed by atoms with Gasteiger partial charge in [0.2, 0.25) is 0 Å². The van der Waals surface area contributed by atoms with E-state index < -0.39 is 5.82 Å². The molecule has 0 aliphatic carbocycles. The number of benzene rings is 1. The first-order valence-corrected chi connectivity index (χ1v) is 6.72. The van der Waals surface area contributed by atoms with Gasteiger partial charge in [-0.25, -0.2) is 4.39 Å². The van der Waals surface area contributed by atoms with Crippen LogP contribution in [-0.2, 0) is 0 Å². The predicted molar refractivity (Wildman–Crippen MR) is 73.8 cm³/mol. The number of nitrogens with one attached hydrogen (secondary N) is 1. The quantitative estimate of drug-likeness (QED) is 0.779. The van der Waals surface area contributed by atoms with Gasteiger partial charge in [0.15, 0.2) is 0 Å². The lowest BCUT2D eigenvalue weighted by Crippen LogP contribution is -2.29. The first kappa shape index (κ1) is 15.7. The number of halogens is 3. The lowest BCUT2D eigenvalue weighted by molar-refractivity contribution is 0.274. The predicted octanol–water partition coefficient (Wildman–Crippen LogP) is 3.94. The molecular weight excluding hydrogens is 276 g/mol. The molecule has 18 heavy (non-hydrogen) atoms. The van der Waals surface area contributed by atoms with Gasteiger partial charge in [0.1, 0.15) is 5.82 Å². The van der Waals surface area contributed by atoms with Crippen LogP contribution in [0.5, 0.6) is 0 Å². The standard InChI is InChI=1S/C13H18Cl2FNO/c1-8(4-3-5-18)17-9(2)10-6-13(16)12(15)7-11(10)14/h6-9,17-18H,3-5H2,1-2H3. The number of hydrogen-bond acceptors (Lipinski definition) is 2. The first-order valence-electron chi connectivity index (χ1n) is 5.97. The summed E-state index contributed by atoms with van der Waals surface area (Å²) in [6.45, 7) is 4.12. The average Bonchev–Trinajstić information content (AvgIpc) is 2.31. The van der Waals surface area contributed by atoms with Crippen molar-refractivity contribution in [3.8, 4) is 0 Å². The Hall–Kier alpha value is -0.350. The van der Waals surface area contributed by atoms with E-state index >= 15 is 0 Å². The van der Waals surface area contributed by atoms with Gasteiger partial charge in [0.05, 0.1) is 5.02 Å². The van der Waals surface area contributed by atoms with E-state index in [2.05, 4.69) is 5.32 Å². The summed E-state index contributed by atoms with van der Waals surface area (Å²) in [4.78, 5) is 0. The molecule has 1 aromatic carbocycles. The van der Waals surface area contributed by atoms with Crippen LogP contribution >= 0.6 is 23.2 Å². The largest absolute Gasteiger partial charge is 0.396 e. The summed E-state index contributed by atoms with van der Waals surface area (Å²) < 4.78 is 13.4. The van der Waals surface area contributed by atoms with E-state index in [1.54, 1.807) is 0 Å². The Morgan fingerprint density at radius 1 is 1.28 bits per heavy atom. The van der Waals surface area contributed by atoms with Crippen LogP contribution in [0.1, 0.15) is 38.3 Å². The third-order valence-electron chi connectivity index (χ3n) is 2.84. The highest BCUT2D eigenvalue weighted by Crippen LogP contribution is 2.28. The molecule has 0 spiro atoms. The summed E-state index contributed by atoms with van der Waals surface area (Å²) >= 11 is 11.7. The van der Waals surface area contributed by atoms with E-state index in [0.717, 1.165) is 12.8 Å². The van der Waals surface area contributed by atoms with Crippen LogP contribution in [-0.4, -0.2) is 17.8 Å². The van der Waals surface area contributed by atoms with Crippen LogP contribution in [0, 0.1) is 5.82 Å². The zero-order valence-corrected chi connectivity index (χ0v) is 12.0. The van der Waals surface area contributed by atoms with Crippen LogP contribution in [0.4, 0.5) is 4.39 Å². The van der Waals surface area contributed by atoms with E-state index in [0.29, 0.717) is 10.6 Å². The van der Waals surface area contributed by atoms with Crippen LogP contribution in [0.2, 0.25) is 10.0 Å². The Kier molecular flexibility index (Phi) is 6.36. The lowest BCUT2D eigenvalue weighted by Gasteiger charge is -2.21. The molecule has 0 aliphatic rings. The number of rotatable bonds is 6. The number of hydrogen-bond donors (Lipinski definition) is 2. The summed E-state index contributed by atoms with van der Waals surface area (Å²) in [7, 11) is 0. The first-order chi connectivity index (χ1) is 8.45.